The Morgan fingerprint density at radius 2 is 1.43 bits per heavy atom. The molecule has 3 amide bonds. The molecule has 13 nitrogen and oxygen atoms in total. The van der Waals surface area contributed by atoms with Gasteiger partial charge in [0.05, 0.1) is 56.5 Å². The van der Waals surface area contributed by atoms with Crippen molar-refractivity contribution in [2.45, 2.75) is 76.5 Å². The van der Waals surface area contributed by atoms with E-state index in [0.717, 1.165) is 88.2 Å². The van der Waals surface area contributed by atoms with Crippen molar-refractivity contribution in [2.75, 3.05) is 20.8 Å². The highest BCUT2D eigenvalue weighted by atomic mass is 16.5. The number of nitrogens with one attached hydrogen (secondary N) is 3. The third kappa shape index (κ3) is 7.02. The second-order valence-electron chi connectivity index (χ2n) is 15.4. The van der Waals surface area contributed by atoms with Crippen LogP contribution in [0.5, 0.6) is 0 Å². The predicted octanol–water partition coefficient (Wildman–Crippen LogP) is 6.95. The van der Waals surface area contributed by atoms with Crippen molar-refractivity contribution in [3.8, 4) is 33.6 Å². The Kier molecular flexibility index (Phi) is 10.1. The number of H-pyrrole nitrogens is 2. The molecule has 2 saturated heterocycles. The van der Waals surface area contributed by atoms with Gasteiger partial charge in [0.15, 0.2) is 0 Å². The van der Waals surface area contributed by atoms with Crippen molar-refractivity contribution in [1.82, 2.24) is 35.1 Å². The summed E-state index contributed by atoms with van der Waals surface area (Å²) < 4.78 is 9.48. The van der Waals surface area contributed by atoms with E-state index in [-0.39, 0.29) is 42.3 Å². The van der Waals surface area contributed by atoms with Crippen molar-refractivity contribution < 1.29 is 28.7 Å². The molecule has 0 radical (unpaired) electrons. The van der Waals surface area contributed by atoms with Gasteiger partial charge in [-0.1, -0.05) is 55.5 Å². The van der Waals surface area contributed by atoms with Crippen LogP contribution in [0.2, 0.25) is 0 Å². The van der Waals surface area contributed by atoms with E-state index in [1.807, 2.05) is 11.1 Å². The number of likely N-dealkylation sites (tertiary alicyclic amines) is 2. The lowest BCUT2D eigenvalue weighted by molar-refractivity contribution is -0.148. The van der Waals surface area contributed by atoms with Gasteiger partial charge < -0.3 is 34.6 Å². The number of piperidine rings is 1. The Bertz CT molecular complexity index is 2280. The number of alkyl carbamates (subject to hydrolysis) is 1. The number of aromatic amines is 2. The minimum atomic E-state index is -0.703. The lowest BCUT2D eigenvalue weighted by atomic mass is 9.96. The number of amides is 3. The quantitative estimate of drug-likeness (QED) is 0.129. The van der Waals surface area contributed by atoms with E-state index in [2.05, 4.69) is 85.7 Å². The van der Waals surface area contributed by atoms with E-state index in [4.69, 9.17) is 9.72 Å². The Morgan fingerprint density at radius 1 is 0.786 bits per heavy atom. The number of nitrogens with zero attached hydrogens (tertiary/aromatic N) is 4. The molecule has 290 valence electrons. The molecule has 8 rings (SSSR count). The van der Waals surface area contributed by atoms with Crippen molar-refractivity contribution >= 4 is 34.6 Å². The number of carbonyl (C=O) groups excluding carboxylic acids is 4. The number of fused-ring (bicyclic) bond motifs is 3. The van der Waals surface area contributed by atoms with Gasteiger partial charge in [-0.3, -0.25) is 14.4 Å². The van der Waals surface area contributed by atoms with Crippen LogP contribution < -0.4 is 5.32 Å². The number of hydrogen-bond acceptors (Lipinski definition) is 8. The van der Waals surface area contributed by atoms with Crippen molar-refractivity contribution in [2.24, 2.45) is 11.8 Å². The molecule has 2 bridgehead atoms. The van der Waals surface area contributed by atoms with Crippen LogP contribution in [0.15, 0.2) is 73.1 Å². The van der Waals surface area contributed by atoms with Gasteiger partial charge in [-0.05, 0) is 84.5 Å². The number of carbonyl (C=O) groups is 4. The van der Waals surface area contributed by atoms with Crippen LogP contribution in [0.4, 0.5) is 4.79 Å². The third-order valence-corrected chi connectivity index (χ3v) is 11.9. The molecule has 1 saturated carbocycles. The average Bonchev–Trinajstić information content (AvgIpc) is 4.08. The maximum atomic E-state index is 13.6. The summed E-state index contributed by atoms with van der Waals surface area (Å²) in [7, 11) is 2.63. The number of rotatable bonds is 10. The molecule has 3 N–H and O–H groups in total. The number of esters is 1. The van der Waals surface area contributed by atoms with E-state index < -0.39 is 18.1 Å². The van der Waals surface area contributed by atoms with Gasteiger partial charge in [-0.15, -0.1) is 0 Å². The summed E-state index contributed by atoms with van der Waals surface area (Å²) in [5, 5.41) is 4.79. The SMILES string of the molecule is COC(=O)CC(C)C(=O)N1C2CCC(C2)C1c1ncc(-c2ccc3cc(-c4ccc(-c5cnc(C6CCCN6C(=O)C(C)NC(=O)OC)[nH]5)cc4)ccc3c2)[nH]1. The minimum absolute atomic E-state index is 0.0131. The topological polar surface area (TPSA) is 163 Å². The van der Waals surface area contributed by atoms with Crippen LogP contribution in [-0.2, 0) is 23.9 Å². The number of imidazole rings is 2. The Balaban J connectivity index is 0.948. The maximum Gasteiger partial charge on any atom is 0.407 e. The number of aromatic nitrogens is 4. The second-order valence-corrected chi connectivity index (χ2v) is 15.4. The van der Waals surface area contributed by atoms with Crippen LogP contribution >= 0.6 is 0 Å². The number of methoxy groups -OCH3 is 2. The van der Waals surface area contributed by atoms with Gasteiger partial charge in [0.25, 0.3) is 0 Å². The molecular formula is C43H47N7O6. The molecule has 56 heavy (non-hydrogen) atoms. The summed E-state index contributed by atoms with van der Waals surface area (Å²) in [5.41, 5.74) is 5.96. The number of hydrogen-bond donors (Lipinski definition) is 3. The molecule has 2 aromatic heterocycles. The van der Waals surface area contributed by atoms with Gasteiger partial charge in [-0.25, -0.2) is 14.8 Å². The first-order valence-electron chi connectivity index (χ1n) is 19.4. The molecule has 1 aliphatic carbocycles. The molecule has 2 aliphatic heterocycles. The van der Waals surface area contributed by atoms with Crippen molar-refractivity contribution in [3.05, 3.63) is 84.7 Å². The maximum absolute atomic E-state index is 13.6. The van der Waals surface area contributed by atoms with Crippen LogP contribution in [0.25, 0.3) is 44.4 Å². The van der Waals surface area contributed by atoms with Gasteiger partial charge in [-0.2, -0.15) is 0 Å². The number of benzene rings is 3. The largest absolute Gasteiger partial charge is 0.469 e. The number of ether oxygens (including phenoxy) is 2. The van der Waals surface area contributed by atoms with E-state index in [1.165, 1.54) is 14.2 Å². The lowest BCUT2D eigenvalue weighted by Crippen LogP contribution is -2.46. The first-order valence-corrected chi connectivity index (χ1v) is 19.4. The highest BCUT2D eigenvalue weighted by Gasteiger charge is 2.50. The van der Waals surface area contributed by atoms with Crippen molar-refractivity contribution in [3.63, 3.8) is 0 Å². The minimum Gasteiger partial charge on any atom is -0.469 e. The molecule has 0 spiro atoms. The predicted molar refractivity (Wildman–Crippen MR) is 210 cm³/mol. The van der Waals surface area contributed by atoms with Gasteiger partial charge in [0.1, 0.15) is 17.7 Å². The van der Waals surface area contributed by atoms with E-state index in [1.54, 1.807) is 24.9 Å². The second kappa shape index (κ2) is 15.3. The fourth-order valence-electron chi connectivity index (χ4n) is 8.91. The zero-order valence-electron chi connectivity index (χ0n) is 32.1. The van der Waals surface area contributed by atoms with E-state index >= 15 is 0 Å². The zero-order valence-corrected chi connectivity index (χ0v) is 32.1. The summed E-state index contributed by atoms with van der Waals surface area (Å²) in [5.74, 6) is 0.870. The lowest BCUT2D eigenvalue weighted by Gasteiger charge is -2.35. The van der Waals surface area contributed by atoms with Crippen LogP contribution in [0, 0.1) is 11.8 Å². The molecular weight excluding hydrogens is 711 g/mol. The normalized spacial score (nSPS) is 21.3. The fourth-order valence-corrected chi connectivity index (χ4v) is 8.91. The molecule has 3 fully saturated rings. The van der Waals surface area contributed by atoms with Crippen molar-refractivity contribution in [1.29, 1.82) is 0 Å². The first kappa shape index (κ1) is 37.0. The van der Waals surface area contributed by atoms with Crippen LogP contribution in [-0.4, -0.2) is 86.5 Å². The molecule has 6 atom stereocenters. The molecule has 13 heteroatoms. The van der Waals surface area contributed by atoms with Crippen LogP contribution in [0.1, 0.15) is 76.1 Å². The van der Waals surface area contributed by atoms with Gasteiger partial charge in [0, 0.05) is 24.1 Å². The van der Waals surface area contributed by atoms with Gasteiger partial charge >= 0.3 is 12.1 Å². The Hall–Kier alpha value is -5.98. The standard InChI is InChI=1S/C43H47N7O6/c1-24(18-37(51)55-3)41(52)50-33-16-15-32(21-33)38(50)40-45-23-35(48-40)31-14-13-29-19-28(11-12-30(29)20-31)26-7-9-27(10-8-26)34-22-44-39(47-34)36-6-5-17-49(36)42(53)25(2)46-43(54)56-4/h7-14,19-20,22-25,32-33,36,38H,5-6,15-18,21H2,1-4H3,(H,44,47)(H,45,48)(H,46,54). The zero-order chi connectivity index (χ0) is 39.1. The summed E-state index contributed by atoms with van der Waals surface area (Å²) in [6, 6.07) is 20.3. The highest BCUT2D eigenvalue weighted by molar-refractivity contribution is 5.91. The third-order valence-electron chi connectivity index (χ3n) is 11.9. The Labute approximate surface area is 325 Å². The van der Waals surface area contributed by atoms with E-state index in [9.17, 15) is 19.2 Å². The summed E-state index contributed by atoms with van der Waals surface area (Å²) in [4.78, 5) is 70.5. The van der Waals surface area contributed by atoms with Gasteiger partial charge in [0.2, 0.25) is 11.8 Å². The summed E-state index contributed by atoms with van der Waals surface area (Å²) in [6.45, 7) is 4.06. The average molecular weight is 758 g/mol. The molecule has 5 aromatic rings. The summed E-state index contributed by atoms with van der Waals surface area (Å²) >= 11 is 0. The monoisotopic (exact) mass is 757 g/mol. The fraction of sp³-hybridized carbons (Fsp3) is 0.395. The van der Waals surface area contributed by atoms with E-state index in [0.29, 0.717) is 12.5 Å². The molecule has 6 unspecified atom stereocenters. The molecule has 3 aromatic carbocycles. The van der Waals surface area contributed by atoms with Crippen LogP contribution in [0.3, 0.4) is 0 Å². The highest BCUT2D eigenvalue weighted by Crippen LogP contribution is 2.50. The molecule has 4 heterocycles. The molecule has 3 aliphatic rings. The Morgan fingerprint density at radius 3 is 2.16 bits per heavy atom. The first-order chi connectivity index (χ1) is 27.1. The summed E-state index contributed by atoms with van der Waals surface area (Å²) in [6.07, 6.45) is 7.75. The smallest absolute Gasteiger partial charge is 0.407 e.